The molecule has 0 aliphatic carbocycles. The molecule has 1 aliphatic rings. The number of benzene rings is 1. The minimum atomic E-state index is -0.723. The van der Waals surface area contributed by atoms with E-state index in [1.165, 1.54) is 0 Å². The molecule has 114 valence electrons. The second kappa shape index (κ2) is 5.63. The van der Waals surface area contributed by atoms with E-state index in [9.17, 15) is 9.59 Å². The van der Waals surface area contributed by atoms with Gasteiger partial charge in [-0.2, -0.15) is 0 Å². The third kappa shape index (κ3) is 2.79. The molecule has 1 amide bonds. The van der Waals surface area contributed by atoms with Crippen LogP contribution in [0.4, 0.5) is 11.4 Å². The van der Waals surface area contributed by atoms with E-state index in [0.29, 0.717) is 36.6 Å². The number of amides is 1. The van der Waals surface area contributed by atoms with E-state index in [1.807, 2.05) is 18.7 Å². The van der Waals surface area contributed by atoms with Gasteiger partial charge >= 0.3 is 5.97 Å². The van der Waals surface area contributed by atoms with Gasteiger partial charge in [-0.3, -0.25) is 4.79 Å². The third-order valence-corrected chi connectivity index (χ3v) is 3.68. The second-order valence-corrected chi connectivity index (χ2v) is 5.46. The van der Waals surface area contributed by atoms with Gasteiger partial charge in [-0.25, -0.2) is 4.79 Å². The topological polar surface area (TPSA) is 84.7 Å². The van der Waals surface area contributed by atoms with Crippen LogP contribution < -0.4 is 16.0 Å². The van der Waals surface area contributed by atoms with Crippen LogP contribution in [0.5, 0.6) is 0 Å². The van der Waals surface area contributed by atoms with Crippen molar-refractivity contribution >= 4 is 23.3 Å². The van der Waals surface area contributed by atoms with Crippen molar-refractivity contribution in [1.82, 2.24) is 5.32 Å². The Morgan fingerprint density at radius 3 is 2.86 bits per heavy atom. The molecule has 0 saturated carbocycles. The Balaban J connectivity index is 2.40. The number of carbonyl (C=O) groups excluding carboxylic acids is 2. The number of hydrogen-bond donors (Lipinski definition) is 2. The van der Waals surface area contributed by atoms with E-state index in [2.05, 4.69) is 5.32 Å². The second-order valence-electron chi connectivity index (χ2n) is 5.46. The van der Waals surface area contributed by atoms with Gasteiger partial charge in [-0.1, -0.05) is 0 Å². The Bertz CT molecular complexity index is 569. The fourth-order valence-electron chi connectivity index (χ4n) is 2.44. The number of carbonyl (C=O) groups is 2. The van der Waals surface area contributed by atoms with Gasteiger partial charge < -0.3 is 20.7 Å². The van der Waals surface area contributed by atoms with E-state index in [0.717, 1.165) is 0 Å². The third-order valence-electron chi connectivity index (χ3n) is 3.68. The summed E-state index contributed by atoms with van der Waals surface area (Å²) in [5.74, 6) is -0.451. The first-order valence-corrected chi connectivity index (χ1v) is 7.00. The monoisotopic (exact) mass is 291 g/mol. The van der Waals surface area contributed by atoms with Gasteiger partial charge in [0.1, 0.15) is 5.54 Å². The maximum absolute atomic E-state index is 12.0. The Morgan fingerprint density at radius 1 is 1.48 bits per heavy atom. The van der Waals surface area contributed by atoms with Crippen LogP contribution in [-0.4, -0.2) is 37.1 Å². The fourth-order valence-corrected chi connectivity index (χ4v) is 2.44. The molecule has 21 heavy (non-hydrogen) atoms. The number of nitrogens with zero attached hydrogens (tertiary/aromatic N) is 1. The summed E-state index contributed by atoms with van der Waals surface area (Å²) in [4.78, 5) is 25.8. The molecule has 0 spiro atoms. The number of piperazine rings is 1. The van der Waals surface area contributed by atoms with Gasteiger partial charge in [0.05, 0.1) is 23.5 Å². The maximum Gasteiger partial charge on any atom is 0.338 e. The minimum Gasteiger partial charge on any atom is -0.462 e. The van der Waals surface area contributed by atoms with Gasteiger partial charge in [0.15, 0.2) is 0 Å². The lowest BCUT2D eigenvalue weighted by Gasteiger charge is -2.43. The molecule has 1 aromatic carbocycles. The number of nitrogen functional groups attached to an aromatic ring is 1. The quantitative estimate of drug-likeness (QED) is 0.645. The molecule has 6 heteroatoms. The van der Waals surface area contributed by atoms with Crippen LogP contribution in [0.2, 0.25) is 0 Å². The molecular formula is C15H21N3O3. The average Bonchev–Trinajstić information content (AvgIpc) is 2.43. The van der Waals surface area contributed by atoms with Gasteiger partial charge in [0.2, 0.25) is 5.91 Å². The summed E-state index contributed by atoms with van der Waals surface area (Å²) in [5.41, 5.74) is 6.96. The van der Waals surface area contributed by atoms with Crippen molar-refractivity contribution < 1.29 is 14.3 Å². The highest BCUT2D eigenvalue weighted by molar-refractivity contribution is 5.95. The SMILES string of the molecule is CCOC(=O)c1ccc(N)c(N2CCNC(=O)C2(C)C)c1. The summed E-state index contributed by atoms with van der Waals surface area (Å²) in [6.07, 6.45) is 0. The molecule has 1 aliphatic heterocycles. The molecule has 0 radical (unpaired) electrons. The van der Waals surface area contributed by atoms with E-state index in [1.54, 1.807) is 25.1 Å². The fraction of sp³-hybridized carbons (Fsp3) is 0.467. The Labute approximate surface area is 124 Å². The predicted octanol–water partition coefficient (Wildman–Crippen LogP) is 1.16. The summed E-state index contributed by atoms with van der Waals surface area (Å²) in [6.45, 7) is 6.92. The molecule has 0 aromatic heterocycles. The Kier molecular flexibility index (Phi) is 4.06. The van der Waals surface area contributed by atoms with Gasteiger partial charge in [-0.15, -0.1) is 0 Å². The number of rotatable bonds is 3. The first-order chi connectivity index (χ1) is 9.87. The normalized spacial score (nSPS) is 17.3. The molecule has 3 N–H and O–H groups in total. The first kappa shape index (κ1) is 15.2. The lowest BCUT2D eigenvalue weighted by molar-refractivity contribution is -0.126. The molecule has 1 saturated heterocycles. The van der Waals surface area contributed by atoms with Gasteiger partial charge in [0, 0.05) is 13.1 Å². The number of esters is 1. The lowest BCUT2D eigenvalue weighted by Crippen LogP contribution is -2.62. The summed E-state index contributed by atoms with van der Waals surface area (Å²) in [6, 6.07) is 4.99. The first-order valence-electron chi connectivity index (χ1n) is 7.00. The Hall–Kier alpha value is -2.24. The van der Waals surface area contributed by atoms with Crippen molar-refractivity contribution in [2.24, 2.45) is 0 Å². The molecule has 1 heterocycles. The minimum absolute atomic E-state index is 0.0605. The highest BCUT2D eigenvalue weighted by atomic mass is 16.5. The zero-order valence-corrected chi connectivity index (χ0v) is 12.6. The van der Waals surface area contributed by atoms with Crippen LogP contribution in [0, 0.1) is 0 Å². The molecule has 0 bridgehead atoms. The van der Waals surface area contributed by atoms with Crippen LogP contribution in [-0.2, 0) is 9.53 Å². The molecular weight excluding hydrogens is 270 g/mol. The zero-order valence-electron chi connectivity index (χ0n) is 12.6. The van der Waals surface area contributed by atoms with Crippen molar-refractivity contribution in [1.29, 1.82) is 0 Å². The maximum atomic E-state index is 12.0. The molecule has 0 atom stereocenters. The predicted molar refractivity (Wildman–Crippen MR) is 81.2 cm³/mol. The number of nitrogens with one attached hydrogen (secondary N) is 1. The van der Waals surface area contributed by atoms with Crippen LogP contribution in [0.1, 0.15) is 31.1 Å². The van der Waals surface area contributed by atoms with E-state index < -0.39 is 11.5 Å². The largest absolute Gasteiger partial charge is 0.462 e. The standard InChI is InChI=1S/C15H21N3O3/c1-4-21-13(19)10-5-6-11(16)12(9-10)18-8-7-17-14(20)15(18,2)3/h5-6,9H,4,7-8,16H2,1-3H3,(H,17,20). The number of ether oxygens (including phenoxy) is 1. The molecule has 6 nitrogen and oxygen atoms in total. The molecule has 1 fully saturated rings. The van der Waals surface area contributed by atoms with E-state index in [-0.39, 0.29) is 5.91 Å². The van der Waals surface area contributed by atoms with Crippen molar-refractivity contribution in [2.75, 3.05) is 30.3 Å². The average molecular weight is 291 g/mol. The lowest BCUT2D eigenvalue weighted by atomic mass is 9.97. The number of hydrogen-bond acceptors (Lipinski definition) is 5. The van der Waals surface area contributed by atoms with Gasteiger partial charge in [0.25, 0.3) is 0 Å². The van der Waals surface area contributed by atoms with Crippen molar-refractivity contribution in [3.05, 3.63) is 23.8 Å². The molecule has 0 unspecified atom stereocenters. The van der Waals surface area contributed by atoms with Crippen LogP contribution >= 0.6 is 0 Å². The summed E-state index contributed by atoms with van der Waals surface area (Å²) in [7, 11) is 0. The van der Waals surface area contributed by atoms with Crippen LogP contribution in [0.3, 0.4) is 0 Å². The van der Waals surface area contributed by atoms with Crippen molar-refractivity contribution in [2.45, 2.75) is 26.3 Å². The smallest absolute Gasteiger partial charge is 0.338 e. The van der Waals surface area contributed by atoms with Crippen LogP contribution in [0.15, 0.2) is 18.2 Å². The number of nitrogens with two attached hydrogens (primary N) is 1. The van der Waals surface area contributed by atoms with Crippen molar-refractivity contribution in [3.63, 3.8) is 0 Å². The highest BCUT2D eigenvalue weighted by Gasteiger charge is 2.38. The summed E-state index contributed by atoms with van der Waals surface area (Å²) < 4.78 is 5.01. The summed E-state index contributed by atoms with van der Waals surface area (Å²) >= 11 is 0. The van der Waals surface area contributed by atoms with E-state index in [4.69, 9.17) is 10.5 Å². The molecule has 2 rings (SSSR count). The zero-order chi connectivity index (χ0) is 15.6. The summed E-state index contributed by atoms with van der Waals surface area (Å²) in [5, 5.41) is 2.84. The highest BCUT2D eigenvalue weighted by Crippen LogP contribution is 2.32. The van der Waals surface area contributed by atoms with Gasteiger partial charge in [-0.05, 0) is 39.0 Å². The van der Waals surface area contributed by atoms with E-state index >= 15 is 0 Å². The van der Waals surface area contributed by atoms with Crippen molar-refractivity contribution in [3.8, 4) is 0 Å². The number of anilines is 2. The molecule has 1 aromatic rings. The Morgan fingerprint density at radius 2 is 2.19 bits per heavy atom. The van der Waals surface area contributed by atoms with Crippen LogP contribution in [0.25, 0.3) is 0 Å².